The van der Waals surface area contributed by atoms with Crippen LogP contribution in [0.15, 0.2) is 18.2 Å². The molecule has 108 valence electrons. The van der Waals surface area contributed by atoms with E-state index in [9.17, 15) is 9.59 Å². The van der Waals surface area contributed by atoms with Crippen LogP contribution in [0.4, 0.5) is 5.69 Å². The number of carbonyl (C=O) groups excluding carboxylic acids is 2. The molecule has 0 aromatic heterocycles. The van der Waals surface area contributed by atoms with E-state index in [2.05, 4.69) is 16.0 Å². The summed E-state index contributed by atoms with van der Waals surface area (Å²) < 4.78 is 0. The molecule has 0 radical (unpaired) electrons. The van der Waals surface area contributed by atoms with E-state index >= 15 is 0 Å². The Hall–Kier alpha value is -1.88. The van der Waals surface area contributed by atoms with E-state index in [4.69, 9.17) is 0 Å². The SMILES string of the molecule is CNC(=O)c1ccc(NC(=O)C2CCNCC2)c(C)c1. The first-order valence-corrected chi connectivity index (χ1v) is 6.96. The van der Waals surface area contributed by atoms with Gasteiger partial charge in [-0.15, -0.1) is 0 Å². The summed E-state index contributed by atoms with van der Waals surface area (Å²) in [5, 5.41) is 8.80. The highest BCUT2D eigenvalue weighted by molar-refractivity contribution is 5.97. The number of aryl methyl sites for hydroxylation is 1. The molecule has 3 N–H and O–H groups in total. The summed E-state index contributed by atoms with van der Waals surface area (Å²) in [6, 6.07) is 5.31. The molecule has 1 saturated heterocycles. The molecule has 2 amide bonds. The quantitative estimate of drug-likeness (QED) is 0.778. The van der Waals surface area contributed by atoms with Crippen LogP contribution in [0.3, 0.4) is 0 Å². The fraction of sp³-hybridized carbons (Fsp3) is 0.467. The van der Waals surface area contributed by atoms with Crippen LogP contribution in [0.25, 0.3) is 0 Å². The van der Waals surface area contributed by atoms with Gasteiger partial charge < -0.3 is 16.0 Å². The Bertz CT molecular complexity index is 508. The number of hydrogen-bond acceptors (Lipinski definition) is 3. The van der Waals surface area contributed by atoms with Crippen molar-refractivity contribution in [2.75, 3.05) is 25.5 Å². The van der Waals surface area contributed by atoms with Crippen LogP contribution in [-0.4, -0.2) is 32.0 Å². The van der Waals surface area contributed by atoms with Crippen LogP contribution >= 0.6 is 0 Å². The van der Waals surface area contributed by atoms with E-state index in [0.717, 1.165) is 37.2 Å². The van der Waals surface area contributed by atoms with Crippen molar-refractivity contribution in [2.45, 2.75) is 19.8 Å². The minimum atomic E-state index is -0.121. The Kier molecular flexibility index (Phi) is 4.74. The smallest absolute Gasteiger partial charge is 0.251 e. The molecular formula is C15H21N3O2. The van der Waals surface area contributed by atoms with Crippen molar-refractivity contribution in [2.24, 2.45) is 5.92 Å². The number of hydrogen-bond donors (Lipinski definition) is 3. The maximum Gasteiger partial charge on any atom is 0.251 e. The van der Waals surface area contributed by atoms with Crippen molar-refractivity contribution in [3.8, 4) is 0 Å². The van der Waals surface area contributed by atoms with Gasteiger partial charge in [0.15, 0.2) is 0 Å². The maximum atomic E-state index is 12.2. The third-order valence-electron chi connectivity index (χ3n) is 3.68. The number of nitrogens with one attached hydrogen (secondary N) is 3. The zero-order chi connectivity index (χ0) is 14.5. The number of amides is 2. The van der Waals surface area contributed by atoms with Crippen LogP contribution in [-0.2, 0) is 4.79 Å². The van der Waals surface area contributed by atoms with E-state index in [0.29, 0.717) is 5.56 Å². The fourth-order valence-electron chi connectivity index (χ4n) is 2.41. The summed E-state index contributed by atoms with van der Waals surface area (Å²) in [4.78, 5) is 23.7. The first-order chi connectivity index (χ1) is 9.61. The van der Waals surface area contributed by atoms with Gasteiger partial charge in [0, 0.05) is 24.2 Å². The molecule has 1 fully saturated rings. The predicted octanol–water partition coefficient (Wildman–Crippen LogP) is 1.29. The molecule has 0 saturated carbocycles. The summed E-state index contributed by atoms with van der Waals surface area (Å²) >= 11 is 0. The van der Waals surface area contributed by atoms with Gasteiger partial charge in [0.1, 0.15) is 0 Å². The van der Waals surface area contributed by atoms with E-state index < -0.39 is 0 Å². The largest absolute Gasteiger partial charge is 0.355 e. The van der Waals surface area contributed by atoms with E-state index in [1.165, 1.54) is 0 Å². The topological polar surface area (TPSA) is 70.2 Å². The van der Waals surface area contributed by atoms with Gasteiger partial charge in [0.25, 0.3) is 5.91 Å². The first kappa shape index (κ1) is 14.5. The van der Waals surface area contributed by atoms with Gasteiger partial charge in [-0.05, 0) is 56.6 Å². The van der Waals surface area contributed by atoms with E-state index in [1.54, 1.807) is 25.2 Å². The van der Waals surface area contributed by atoms with Gasteiger partial charge in [-0.3, -0.25) is 9.59 Å². The molecule has 0 spiro atoms. The van der Waals surface area contributed by atoms with Crippen molar-refractivity contribution >= 4 is 17.5 Å². The summed E-state index contributed by atoms with van der Waals surface area (Å²) in [6.45, 7) is 3.68. The lowest BCUT2D eigenvalue weighted by atomic mass is 9.97. The van der Waals surface area contributed by atoms with Crippen molar-refractivity contribution in [1.82, 2.24) is 10.6 Å². The third kappa shape index (κ3) is 3.36. The molecule has 1 aliphatic rings. The summed E-state index contributed by atoms with van der Waals surface area (Å²) in [5.41, 5.74) is 2.28. The van der Waals surface area contributed by atoms with Gasteiger partial charge in [-0.25, -0.2) is 0 Å². The molecule has 5 nitrogen and oxygen atoms in total. The Morgan fingerprint density at radius 2 is 1.95 bits per heavy atom. The van der Waals surface area contributed by atoms with Crippen LogP contribution in [0.5, 0.6) is 0 Å². The summed E-state index contributed by atoms with van der Waals surface area (Å²) in [7, 11) is 1.60. The lowest BCUT2D eigenvalue weighted by Gasteiger charge is -2.22. The molecular weight excluding hydrogens is 254 g/mol. The standard InChI is InChI=1S/C15H21N3O2/c1-10-9-12(14(19)16-2)3-4-13(10)18-15(20)11-5-7-17-8-6-11/h3-4,9,11,17H,5-8H2,1-2H3,(H,16,19)(H,18,20). The minimum absolute atomic E-state index is 0.0716. The molecule has 1 aliphatic heterocycles. The molecule has 5 heteroatoms. The van der Waals surface area contributed by atoms with E-state index in [-0.39, 0.29) is 17.7 Å². The Morgan fingerprint density at radius 3 is 2.55 bits per heavy atom. The molecule has 1 aromatic rings. The zero-order valence-corrected chi connectivity index (χ0v) is 12.0. The predicted molar refractivity (Wildman–Crippen MR) is 78.8 cm³/mol. The van der Waals surface area contributed by atoms with Gasteiger partial charge in [-0.2, -0.15) is 0 Å². The second-order valence-corrected chi connectivity index (χ2v) is 5.12. The highest BCUT2D eigenvalue weighted by Crippen LogP contribution is 2.20. The number of benzene rings is 1. The van der Waals surface area contributed by atoms with Crippen molar-refractivity contribution < 1.29 is 9.59 Å². The van der Waals surface area contributed by atoms with Crippen molar-refractivity contribution in [3.63, 3.8) is 0 Å². The molecule has 2 rings (SSSR count). The molecule has 1 aromatic carbocycles. The van der Waals surface area contributed by atoms with E-state index in [1.807, 2.05) is 6.92 Å². The summed E-state index contributed by atoms with van der Waals surface area (Å²) in [6.07, 6.45) is 1.75. The average Bonchev–Trinajstić information content (AvgIpc) is 2.49. The maximum absolute atomic E-state index is 12.2. The molecule has 0 aliphatic carbocycles. The van der Waals surface area contributed by atoms with Gasteiger partial charge in [-0.1, -0.05) is 0 Å². The number of carbonyl (C=O) groups is 2. The number of piperidine rings is 1. The number of rotatable bonds is 3. The lowest BCUT2D eigenvalue weighted by molar-refractivity contribution is -0.120. The molecule has 20 heavy (non-hydrogen) atoms. The van der Waals surface area contributed by atoms with Crippen molar-refractivity contribution in [1.29, 1.82) is 0 Å². The second-order valence-electron chi connectivity index (χ2n) is 5.12. The Labute approximate surface area is 119 Å². The molecule has 1 heterocycles. The highest BCUT2D eigenvalue weighted by atomic mass is 16.2. The van der Waals surface area contributed by atoms with Crippen LogP contribution < -0.4 is 16.0 Å². The van der Waals surface area contributed by atoms with Crippen LogP contribution in [0, 0.1) is 12.8 Å². The van der Waals surface area contributed by atoms with Crippen LogP contribution in [0.2, 0.25) is 0 Å². The molecule has 0 unspecified atom stereocenters. The minimum Gasteiger partial charge on any atom is -0.355 e. The highest BCUT2D eigenvalue weighted by Gasteiger charge is 2.21. The Balaban J connectivity index is 2.05. The van der Waals surface area contributed by atoms with Crippen molar-refractivity contribution in [3.05, 3.63) is 29.3 Å². The third-order valence-corrected chi connectivity index (χ3v) is 3.68. The fourth-order valence-corrected chi connectivity index (χ4v) is 2.41. The monoisotopic (exact) mass is 275 g/mol. The normalized spacial score (nSPS) is 15.7. The molecule has 0 atom stereocenters. The summed E-state index contributed by atoms with van der Waals surface area (Å²) in [5.74, 6) is 0.0286. The zero-order valence-electron chi connectivity index (χ0n) is 12.0. The first-order valence-electron chi connectivity index (χ1n) is 6.96. The molecule has 0 bridgehead atoms. The second kappa shape index (κ2) is 6.52. The van der Waals surface area contributed by atoms with Gasteiger partial charge in [0.2, 0.25) is 5.91 Å². The lowest BCUT2D eigenvalue weighted by Crippen LogP contribution is -2.34. The Morgan fingerprint density at radius 1 is 1.25 bits per heavy atom. The average molecular weight is 275 g/mol. The van der Waals surface area contributed by atoms with Crippen LogP contribution in [0.1, 0.15) is 28.8 Å². The number of anilines is 1. The van der Waals surface area contributed by atoms with Gasteiger partial charge in [0.05, 0.1) is 0 Å². The van der Waals surface area contributed by atoms with Gasteiger partial charge >= 0.3 is 0 Å².